The molecular weight excluding hydrogens is 248 g/mol. The number of carbonyl (C=O) groups is 2. The van der Waals surface area contributed by atoms with Crippen molar-refractivity contribution in [3.05, 3.63) is 22.4 Å². The van der Waals surface area contributed by atoms with Gasteiger partial charge in [0.2, 0.25) is 11.8 Å². The molecule has 18 heavy (non-hydrogen) atoms. The molecule has 1 aromatic rings. The molecule has 0 bridgehead atoms. The quantitative estimate of drug-likeness (QED) is 0.883. The van der Waals surface area contributed by atoms with Crippen LogP contribution < -0.4 is 5.32 Å². The van der Waals surface area contributed by atoms with Crippen molar-refractivity contribution in [2.24, 2.45) is 5.92 Å². The van der Waals surface area contributed by atoms with Gasteiger partial charge in [-0.05, 0) is 47.6 Å². The zero-order valence-corrected chi connectivity index (χ0v) is 10.9. The van der Waals surface area contributed by atoms with E-state index in [1.54, 1.807) is 16.2 Å². The van der Waals surface area contributed by atoms with Gasteiger partial charge in [0.1, 0.15) is 6.04 Å². The maximum absolute atomic E-state index is 12.0. The van der Waals surface area contributed by atoms with Crippen molar-refractivity contribution in [1.29, 1.82) is 0 Å². The lowest BCUT2D eigenvalue weighted by Crippen LogP contribution is -2.59. The molecule has 96 valence electrons. The van der Waals surface area contributed by atoms with Crippen LogP contribution in [0.5, 0.6) is 0 Å². The zero-order valence-electron chi connectivity index (χ0n) is 10.1. The molecule has 2 amide bonds. The molecule has 0 aromatic carbocycles. The van der Waals surface area contributed by atoms with Crippen molar-refractivity contribution in [2.75, 3.05) is 13.1 Å². The van der Waals surface area contributed by atoms with Crippen LogP contribution in [0.15, 0.2) is 16.8 Å². The van der Waals surface area contributed by atoms with Gasteiger partial charge in [0.05, 0.1) is 6.54 Å². The first-order chi connectivity index (χ1) is 8.75. The Balaban J connectivity index is 1.69. The van der Waals surface area contributed by atoms with Gasteiger partial charge in [-0.2, -0.15) is 11.3 Å². The van der Waals surface area contributed by atoms with Gasteiger partial charge in [0.25, 0.3) is 0 Å². The van der Waals surface area contributed by atoms with Crippen molar-refractivity contribution in [3.8, 4) is 0 Å². The van der Waals surface area contributed by atoms with E-state index in [1.807, 2.05) is 5.38 Å². The molecule has 1 aliphatic heterocycles. The second kappa shape index (κ2) is 4.72. The Morgan fingerprint density at radius 1 is 1.39 bits per heavy atom. The molecule has 1 saturated carbocycles. The summed E-state index contributed by atoms with van der Waals surface area (Å²) in [6.45, 7) is 0.815. The average Bonchev–Trinajstić information content (AvgIpc) is 3.06. The Labute approximate surface area is 110 Å². The molecule has 2 fully saturated rings. The lowest BCUT2D eigenvalue weighted by molar-refractivity contribution is -0.146. The highest BCUT2D eigenvalue weighted by Gasteiger charge is 2.44. The van der Waals surface area contributed by atoms with E-state index in [4.69, 9.17) is 0 Å². The van der Waals surface area contributed by atoms with Crippen molar-refractivity contribution in [2.45, 2.75) is 25.3 Å². The molecule has 3 rings (SSSR count). The highest BCUT2D eigenvalue weighted by molar-refractivity contribution is 7.07. The van der Waals surface area contributed by atoms with Crippen LogP contribution >= 0.6 is 11.3 Å². The number of nitrogens with one attached hydrogen (secondary N) is 1. The molecule has 1 aromatic heterocycles. The zero-order chi connectivity index (χ0) is 12.5. The molecule has 1 saturated heterocycles. The Morgan fingerprint density at radius 3 is 2.89 bits per heavy atom. The number of hydrogen-bond donors (Lipinski definition) is 1. The molecule has 1 N–H and O–H groups in total. The summed E-state index contributed by atoms with van der Waals surface area (Å²) < 4.78 is 0. The number of piperazine rings is 1. The molecular formula is C13H16N2O2S. The summed E-state index contributed by atoms with van der Waals surface area (Å²) in [4.78, 5) is 25.6. The topological polar surface area (TPSA) is 49.4 Å². The smallest absolute Gasteiger partial charge is 0.243 e. The summed E-state index contributed by atoms with van der Waals surface area (Å²) in [5.41, 5.74) is 1.24. The minimum Gasteiger partial charge on any atom is -0.345 e. The predicted octanol–water partition coefficient (Wildman–Crippen LogP) is 1.03. The van der Waals surface area contributed by atoms with Crippen LogP contribution in [0.4, 0.5) is 0 Å². The second-order valence-corrected chi connectivity index (χ2v) is 5.75. The highest BCUT2D eigenvalue weighted by Crippen LogP contribution is 2.36. The average molecular weight is 264 g/mol. The highest BCUT2D eigenvalue weighted by atomic mass is 32.1. The fraction of sp³-hybridized carbons (Fsp3) is 0.538. The van der Waals surface area contributed by atoms with Gasteiger partial charge in [-0.15, -0.1) is 0 Å². The third-order valence-corrected chi connectivity index (χ3v) is 4.36. The number of nitrogens with zero attached hydrogens (tertiary/aromatic N) is 1. The van der Waals surface area contributed by atoms with Gasteiger partial charge in [-0.1, -0.05) is 0 Å². The van der Waals surface area contributed by atoms with Gasteiger partial charge >= 0.3 is 0 Å². The fourth-order valence-corrected chi connectivity index (χ4v) is 3.20. The number of rotatable bonds is 4. The second-order valence-electron chi connectivity index (χ2n) is 4.97. The first kappa shape index (κ1) is 11.7. The number of carbonyl (C=O) groups excluding carboxylic acids is 2. The molecule has 5 heteroatoms. The Morgan fingerprint density at radius 2 is 2.22 bits per heavy atom. The molecule has 1 aliphatic carbocycles. The van der Waals surface area contributed by atoms with Gasteiger partial charge in [0.15, 0.2) is 0 Å². The largest absolute Gasteiger partial charge is 0.345 e. The Hall–Kier alpha value is -1.36. The minimum atomic E-state index is -0.218. The van der Waals surface area contributed by atoms with Crippen LogP contribution in [0.3, 0.4) is 0 Å². The standard InChI is InChI=1S/C13H16N2O2S/c16-11-7-14-13(17)12(10-1-2-10)15(11)5-3-9-4-6-18-8-9/h4,6,8,10,12H,1-3,5,7H2,(H,14,17). The van der Waals surface area contributed by atoms with Crippen molar-refractivity contribution < 1.29 is 9.59 Å². The molecule has 1 atom stereocenters. The fourth-order valence-electron chi connectivity index (χ4n) is 2.49. The molecule has 2 aliphatic rings. The number of hydrogen-bond acceptors (Lipinski definition) is 3. The number of amides is 2. The maximum Gasteiger partial charge on any atom is 0.243 e. The van der Waals surface area contributed by atoms with Crippen LogP contribution in [0.25, 0.3) is 0 Å². The van der Waals surface area contributed by atoms with Crippen LogP contribution in [-0.2, 0) is 16.0 Å². The van der Waals surface area contributed by atoms with Gasteiger partial charge in [0, 0.05) is 6.54 Å². The SMILES string of the molecule is O=C1NCC(=O)N(CCc2ccsc2)C1C1CC1. The molecule has 4 nitrogen and oxygen atoms in total. The van der Waals surface area contributed by atoms with Crippen LogP contribution in [0.2, 0.25) is 0 Å². The molecule has 0 radical (unpaired) electrons. The monoisotopic (exact) mass is 264 g/mol. The van der Waals surface area contributed by atoms with Gasteiger partial charge in [-0.25, -0.2) is 0 Å². The van der Waals surface area contributed by atoms with E-state index < -0.39 is 0 Å². The lowest BCUT2D eigenvalue weighted by Gasteiger charge is -2.35. The van der Waals surface area contributed by atoms with Gasteiger partial charge in [-0.3, -0.25) is 9.59 Å². The van der Waals surface area contributed by atoms with E-state index >= 15 is 0 Å². The third kappa shape index (κ3) is 2.27. The maximum atomic E-state index is 12.0. The summed E-state index contributed by atoms with van der Waals surface area (Å²) in [5, 5.41) is 6.84. The van der Waals surface area contributed by atoms with E-state index in [2.05, 4.69) is 16.8 Å². The van der Waals surface area contributed by atoms with E-state index in [9.17, 15) is 9.59 Å². The summed E-state index contributed by atoms with van der Waals surface area (Å²) in [7, 11) is 0. The Kier molecular flexibility index (Phi) is 3.07. The minimum absolute atomic E-state index is 0.0300. The van der Waals surface area contributed by atoms with E-state index in [0.29, 0.717) is 12.5 Å². The summed E-state index contributed by atoms with van der Waals surface area (Å²) in [5.74, 6) is 0.473. The Bertz CT molecular complexity index is 454. The molecule has 0 spiro atoms. The van der Waals surface area contributed by atoms with Crippen LogP contribution in [0, 0.1) is 5.92 Å². The summed E-state index contributed by atoms with van der Waals surface area (Å²) >= 11 is 1.66. The van der Waals surface area contributed by atoms with Crippen molar-refractivity contribution in [1.82, 2.24) is 10.2 Å². The third-order valence-electron chi connectivity index (χ3n) is 3.63. The summed E-state index contributed by atoms with van der Waals surface area (Å²) in [6.07, 6.45) is 2.98. The summed E-state index contributed by atoms with van der Waals surface area (Å²) in [6, 6.07) is 1.86. The van der Waals surface area contributed by atoms with Crippen molar-refractivity contribution >= 4 is 23.2 Å². The molecule has 2 heterocycles. The lowest BCUT2D eigenvalue weighted by atomic mass is 10.1. The first-order valence-electron chi connectivity index (χ1n) is 6.34. The van der Waals surface area contributed by atoms with E-state index in [0.717, 1.165) is 19.3 Å². The number of thiophene rings is 1. The van der Waals surface area contributed by atoms with Crippen LogP contribution in [0.1, 0.15) is 18.4 Å². The van der Waals surface area contributed by atoms with Crippen LogP contribution in [-0.4, -0.2) is 35.8 Å². The van der Waals surface area contributed by atoms with E-state index in [1.165, 1.54) is 5.56 Å². The predicted molar refractivity (Wildman–Crippen MR) is 69.3 cm³/mol. The normalized spacial score (nSPS) is 24.2. The molecule has 1 unspecified atom stereocenters. The van der Waals surface area contributed by atoms with E-state index in [-0.39, 0.29) is 24.4 Å². The van der Waals surface area contributed by atoms with Crippen molar-refractivity contribution in [3.63, 3.8) is 0 Å². The van der Waals surface area contributed by atoms with Gasteiger partial charge < -0.3 is 10.2 Å². The first-order valence-corrected chi connectivity index (χ1v) is 7.28.